The first kappa shape index (κ1) is 17.5. The summed E-state index contributed by atoms with van der Waals surface area (Å²) in [4.78, 5) is 12.8. The predicted molar refractivity (Wildman–Crippen MR) is 99.9 cm³/mol. The Hall–Kier alpha value is -2.30. The Morgan fingerprint density at radius 2 is 2.04 bits per heavy atom. The fourth-order valence-electron chi connectivity index (χ4n) is 2.94. The molecule has 3 rings (SSSR count). The first-order valence-electron chi connectivity index (χ1n) is 9.13. The molecular formula is C20H27N3O2. The minimum Gasteiger partial charge on any atom is -0.478 e. The van der Waals surface area contributed by atoms with E-state index in [4.69, 9.17) is 10.5 Å². The number of hydrogen-bond acceptors (Lipinski definition) is 5. The normalized spacial score (nSPS) is 21.4. The van der Waals surface area contributed by atoms with Crippen LogP contribution in [0.2, 0.25) is 0 Å². The Morgan fingerprint density at radius 1 is 1.32 bits per heavy atom. The third-order valence-corrected chi connectivity index (χ3v) is 4.93. The highest BCUT2D eigenvalue weighted by atomic mass is 16.5. The van der Waals surface area contributed by atoms with E-state index in [1.54, 1.807) is 5.01 Å². The van der Waals surface area contributed by atoms with E-state index in [0.717, 1.165) is 37.8 Å². The summed E-state index contributed by atoms with van der Waals surface area (Å²) in [6.07, 6.45) is 6.93. The van der Waals surface area contributed by atoms with E-state index in [-0.39, 0.29) is 11.2 Å². The van der Waals surface area contributed by atoms with Gasteiger partial charge in [0, 0.05) is 5.41 Å². The molecule has 1 aromatic rings. The summed E-state index contributed by atoms with van der Waals surface area (Å²) in [7, 11) is 0. The molecule has 1 fully saturated rings. The average molecular weight is 341 g/mol. The molecule has 25 heavy (non-hydrogen) atoms. The molecule has 0 amide bonds. The van der Waals surface area contributed by atoms with Gasteiger partial charge in [-0.3, -0.25) is 4.79 Å². The molecule has 1 atom stereocenters. The van der Waals surface area contributed by atoms with E-state index in [9.17, 15) is 4.79 Å². The lowest BCUT2D eigenvalue weighted by Gasteiger charge is -2.29. The van der Waals surface area contributed by atoms with Crippen molar-refractivity contribution >= 4 is 17.3 Å². The fourth-order valence-corrected chi connectivity index (χ4v) is 2.94. The summed E-state index contributed by atoms with van der Waals surface area (Å²) in [5, 5.41) is 6.18. The molecule has 1 heterocycles. The van der Waals surface area contributed by atoms with Gasteiger partial charge in [-0.25, -0.2) is 0 Å². The number of hydrogen-bond donors (Lipinski definition) is 1. The van der Waals surface area contributed by atoms with Gasteiger partial charge in [0.2, 0.25) is 5.88 Å². The number of anilines is 1. The van der Waals surface area contributed by atoms with Gasteiger partial charge in [-0.2, -0.15) is 10.1 Å². The van der Waals surface area contributed by atoms with E-state index < -0.39 is 5.92 Å². The lowest BCUT2D eigenvalue weighted by molar-refractivity contribution is -0.124. The Morgan fingerprint density at radius 3 is 2.68 bits per heavy atom. The number of unbranched alkanes of at least 4 members (excludes halogenated alkanes) is 2. The standard InChI is InChI=1S/C20H27N3O2/c1-3-4-8-13-25-17-14-16(18(24)20(2)11-12-20)19(21)22-23(17)15-9-6-5-7-10-15/h5-7,9-10,14,16H,3-4,8,11-13H2,1-2H3,(H2,21,22). The van der Waals surface area contributed by atoms with E-state index in [1.165, 1.54) is 0 Å². The summed E-state index contributed by atoms with van der Waals surface area (Å²) in [5.41, 5.74) is 6.78. The minimum atomic E-state index is -0.492. The van der Waals surface area contributed by atoms with Gasteiger partial charge in [0.15, 0.2) is 5.78 Å². The van der Waals surface area contributed by atoms with Gasteiger partial charge < -0.3 is 10.5 Å². The number of amidine groups is 1. The quantitative estimate of drug-likeness (QED) is 0.730. The molecule has 5 heteroatoms. The molecule has 1 unspecified atom stereocenters. The van der Waals surface area contributed by atoms with Crippen LogP contribution in [0, 0.1) is 11.3 Å². The lowest BCUT2D eigenvalue weighted by Crippen LogP contribution is -2.40. The lowest BCUT2D eigenvalue weighted by atomic mass is 9.90. The van der Waals surface area contributed by atoms with E-state index >= 15 is 0 Å². The number of carbonyl (C=O) groups is 1. The number of rotatable bonds is 8. The molecule has 0 spiro atoms. The van der Waals surface area contributed by atoms with Crippen LogP contribution in [-0.4, -0.2) is 18.2 Å². The van der Waals surface area contributed by atoms with Crippen molar-refractivity contribution in [3.05, 3.63) is 42.3 Å². The van der Waals surface area contributed by atoms with Crippen LogP contribution < -0.4 is 10.7 Å². The van der Waals surface area contributed by atoms with Crippen molar-refractivity contribution in [3.8, 4) is 0 Å². The van der Waals surface area contributed by atoms with Crippen molar-refractivity contribution in [2.75, 3.05) is 11.6 Å². The van der Waals surface area contributed by atoms with Crippen LogP contribution in [0.15, 0.2) is 47.4 Å². The van der Waals surface area contributed by atoms with Gasteiger partial charge in [0.05, 0.1) is 12.3 Å². The zero-order valence-corrected chi connectivity index (χ0v) is 15.1. The molecule has 134 valence electrons. The van der Waals surface area contributed by atoms with Gasteiger partial charge >= 0.3 is 0 Å². The monoisotopic (exact) mass is 341 g/mol. The molecule has 0 aromatic heterocycles. The molecule has 1 aromatic carbocycles. The van der Waals surface area contributed by atoms with Crippen LogP contribution in [0.5, 0.6) is 0 Å². The zero-order valence-electron chi connectivity index (χ0n) is 15.1. The predicted octanol–water partition coefficient (Wildman–Crippen LogP) is 3.81. The van der Waals surface area contributed by atoms with Crippen LogP contribution in [-0.2, 0) is 9.53 Å². The van der Waals surface area contributed by atoms with Crippen LogP contribution in [0.25, 0.3) is 0 Å². The summed E-state index contributed by atoms with van der Waals surface area (Å²) < 4.78 is 5.99. The van der Waals surface area contributed by atoms with Crippen molar-refractivity contribution in [3.63, 3.8) is 0 Å². The molecular weight excluding hydrogens is 314 g/mol. The van der Waals surface area contributed by atoms with Gasteiger partial charge in [0.1, 0.15) is 11.8 Å². The molecule has 5 nitrogen and oxygen atoms in total. The average Bonchev–Trinajstić information content (AvgIpc) is 3.38. The Labute approximate surface area is 149 Å². The topological polar surface area (TPSA) is 67.9 Å². The maximum atomic E-state index is 12.8. The zero-order chi connectivity index (χ0) is 17.9. The Bertz CT molecular complexity index is 677. The van der Waals surface area contributed by atoms with Gasteiger partial charge in [-0.05, 0) is 37.5 Å². The largest absolute Gasteiger partial charge is 0.478 e. The number of carbonyl (C=O) groups excluding carboxylic acids is 1. The number of hydrazone groups is 1. The molecule has 0 radical (unpaired) electrons. The molecule has 1 aliphatic heterocycles. The fraction of sp³-hybridized carbons (Fsp3) is 0.500. The highest BCUT2D eigenvalue weighted by Crippen LogP contribution is 2.48. The number of nitrogens with two attached hydrogens (primary N) is 1. The summed E-state index contributed by atoms with van der Waals surface area (Å²) in [6, 6.07) is 9.73. The van der Waals surface area contributed by atoms with Gasteiger partial charge in [-0.1, -0.05) is 44.9 Å². The second-order valence-corrected chi connectivity index (χ2v) is 7.14. The maximum Gasteiger partial charge on any atom is 0.212 e. The minimum absolute atomic E-state index is 0.149. The molecule has 2 N–H and O–H groups in total. The third-order valence-electron chi connectivity index (χ3n) is 4.93. The number of nitrogens with zero attached hydrogens (tertiary/aromatic N) is 2. The first-order valence-corrected chi connectivity index (χ1v) is 9.13. The number of ether oxygens (including phenoxy) is 1. The number of para-hydroxylation sites is 1. The van der Waals surface area contributed by atoms with Crippen molar-refractivity contribution in [1.82, 2.24) is 0 Å². The molecule has 0 bridgehead atoms. The van der Waals surface area contributed by atoms with E-state index in [1.807, 2.05) is 43.3 Å². The molecule has 1 saturated carbocycles. The highest BCUT2D eigenvalue weighted by Gasteiger charge is 2.48. The van der Waals surface area contributed by atoms with Gasteiger partial charge in [0.25, 0.3) is 0 Å². The summed E-state index contributed by atoms with van der Waals surface area (Å²) in [5.74, 6) is 0.590. The van der Waals surface area contributed by atoms with E-state index in [0.29, 0.717) is 18.3 Å². The van der Waals surface area contributed by atoms with Crippen molar-refractivity contribution in [2.24, 2.45) is 22.2 Å². The van der Waals surface area contributed by atoms with Gasteiger partial charge in [-0.15, -0.1) is 0 Å². The maximum absolute atomic E-state index is 12.8. The van der Waals surface area contributed by atoms with E-state index in [2.05, 4.69) is 12.0 Å². The Balaban J connectivity index is 1.83. The van der Waals surface area contributed by atoms with Crippen LogP contribution >= 0.6 is 0 Å². The number of benzene rings is 1. The van der Waals surface area contributed by atoms with Crippen molar-refractivity contribution in [1.29, 1.82) is 0 Å². The highest BCUT2D eigenvalue weighted by molar-refractivity contribution is 6.09. The van der Waals surface area contributed by atoms with Crippen molar-refractivity contribution < 1.29 is 9.53 Å². The van der Waals surface area contributed by atoms with Crippen LogP contribution in [0.1, 0.15) is 46.0 Å². The number of ketones is 1. The first-order chi connectivity index (χ1) is 12.0. The number of Topliss-reactive ketones (excluding diaryl/α,β-unsaturated/α-hetero) is 1. The molecule has 2 aliphatic rings. The van der Waals surface area contributed by atoms with Crippen LogP contribution in [0.4, 0.5) is 5.69 Å². The Kier molecular flexibility index (Phi) is 5.11. The van der Waals surface area contributed by atoms with Crippen molar-refractivity contribution in [2.45, 2.75) is 46.0 Å². The third kappa shape index (κ3) is 3.86. The van der Waals surface area contributed by atoms with Crippen LogP contribution in [0.3, 0.4) is 0 Å². The summed E-state index contributed by atoms with van der Waals surface area (Å²) in [6.45, 7) is 4.77. The smallest absolute Gasteiger partial charge is 0.212 e. The molecule has 0 saturated heterocycles. The second-order valence-electron chi connectivity index (χ2n) is 7.14. The summed E-state index contributed by atoms with van der Waals surface area (Å²) >= 11 is 0. The SMILES string of the molecule is CCCCCOC1=CC(C(=O)C2(C)CC2)C(N)=NN1c1ccccc1. The second kappa shape index (κ2) is 7.30. The molecule has 1 aliphatic carbocycles.